The Morgan fingerprint density at radius 1 is 1.31 bits per heavy atom. The highest BCUT2D eigenvalue weighted by Gasteiger charge is 2.47. The molecule has 1 aliphatic carbocycles. The van der Waals surface area contributed by atoms with Crippen LogP contribution in [0.15, 0.2) is 24.3 Å². The van der Waals surface area contributed by atoms with Crippen molar-refractivity contribution in [3.05, 3.63) is 35.6 Å². The van der Waals surface area contributed by atoms with Gasteiger partial charge in [-0.05, 0) is 30.5 Å². The first-order valence-corrected chi connectivity index (χ1v) is 5.47. The molecule has 0 spiro atoms. The van der Waals surface area contributed by atoms with Crippen molar-refractivity contribution in [2.45, 2.75) is 30.0 Å². The van der Waals surface area contributed by atoms with E-state index in [0.29, 0.717) is 4.83 Å². The van der Waals surface area contributed by atoms with Gasteiger partial charge in [-0.15, -0.1) is 0 Å². The van der Waals surface area contributed by atoms with Crippen molar-refractivity contribution in [2.24, 2.45) is 0 Å². The standard InChI is InChI=1S/C11H12BrF/c1-8(12)11(6-7-11)9-2-4-10(13)5-3-9/h2-5,8H,6-7H2,1H3. The Balaban J connectivity index is 2.31. The summed E-state index contributed by atoms with van der Waals surface area (Å²) in [7, 11) is 0. The van der Waals surface area contributed by atoms with E-state index >= 15 is 0 Å². The highest BCUT2D eigenvalue weighted by molar-refractivity contribution is 9.09. The van der Waals surface area contributed by atoms with Gasteiger partial charge in [0.05, 0.1) is 0 Å². The van der Waals surface area contributed by atoms with Gasteiger partial charge in [0.25, 0.3) is 0 Å². The van der Waals surface area contributed by atoms with Crippen molar-refractivity contribution in [3.63, 3.8) is 0 Å². The summed E-state index contributed by atoms with van der Waals surface area (Å²) in [5.74, 6) is -0.151. The Morgan fingerprint density at radius 2 is 1.85 bits per heavy atom. The lowest BCUT2D eigenvalue weighted by Crippen LogP contribution is -2.16. The molecule has 70 valence electrons. The summed E-state index contributed by atoms with van der Waals surface area (Å²) in [5, 5.41) is 0. The molecular weight excluding hydrogens is 231 g/mol. The molecule has 0 radical (unpaired) electrons. The molecule has 1 saturated carbocycles. The van der Waals surface area contributed by atoms with E-state index in [0.717, 1.165) is 0 Å². The molecule has 0 heterocycles. The molecule has 0 N–H and O–H groups in total. The molecule has 0 bridgehead atoms. The van der Waals surface area contributed by atoms with Gasteiger partial charge >= 0.3 is 0 Å². The minimum atomic E-state index is -0.151. The average Bonchev–Trinajstić information content (AvgIpc) is 2.86. The Bertz CT molecular complexity index is 298. The molecule has 2 rings (SSSR count). The molecule has 0 aromatic heterocycles. The van der Waals surface area contributed by atoms with Crippen LogP contribution in [0.2, 0.25) is 0 Å². The van der Waals surface area contributed by atoms with E-state index in [2.05, 4.69) is 22.9 Å². The Hall–Kier alpha value is -0.370. The largest absolute Gasteiger partial charge is 0.207 e. The van der Waals surface area contributed by atoms with Crippen LogP contribution in [-0.2, 0) is 5.41 Å². The van der Waals surface area contributed by atoms with Gasteiger partial charge in [0, 0.05) is 10.2 Å². The minimum Gasteiger partial charge on any atom is -0.207 e. The molecule has 1 fully saturated rings. The summed E-state index contributed by atoms with van der Waals surface area (Å²) in [6.45, 7) is 2.16. The molecule has 0 amide bonds. The minimum absolute atomic E-state index is 0.151. The van der Waals surface area contributed by atoms with Gasteiger partial charge in [-0.2, -0.15) is 0 Å². The van der Waals surface area contributed by atoms with Crippen molar-refractivity contribution < 1.29 is 4.39 Å². The first-order valence-electron chi connectivity index (χ1n) is 4.55. The van der Waals surface area contributed by atoms with Crippen molar-refractivity contribution in [1.29, 1.82) is 0 Å². The van der Waals surface area contributed by atoms with Crippen molar-refractivity contribution in [2.75, 3.05) is 0 Å². The second kappa shape index (κ2) is 3.09. The van der Waals surface area contributed by atoms with Crippen LogP contribution in [0.5, 0.6) is 0 Å². The number of hydrogen-bond donors (Lipinski definition) is 0. The Labute approximate surface area is 86.3 Å². The van der Waals surface area contributed by atoms with E-state index < -0.39 is 0 Å². The van der Waals surface area contributed by atoms with Crippen LogP contribution in [0.25, 0.3) is 0 Å². The lowest BCUT2D eigenvalue weighted by Gasteiger charge is -2.18. The highest BCUT2D eigenvalue weighted by Crippen LogP contribution is 2.53. The van der Waals surface area contributed by atoms with Crippen molar-refractivity contribution >= 4 is 15.9 Å². The van der Waals surface area contributed by atoms with Gasteiger partial charge < -0.3 is 0 Å². The van der Waals surface area contributed by atoms with Crippen LogP contribution >= 0.6 is 15.9 Å². The molecule has 0 saturated heterocycles. The fourth-order valence-corrected chi connectivity index (χ4v) is 2.55. The highest BCUT2D eigenvalue weighted by atomic mass is 79.9. The van der Waals surface area contributed by atoms with Gasteiger partial charge in [-0.1, -0.05) is 35.0 Å². The average molecular weight is 243 g/mol. The Kier molecular flexibility index (Phi) is 2.18. The predicted molar refractivity (Wildman–Crippen MR) is 55.7 cm³/mol. The Morgan fingerprint density at radius 3 is 2.23 bits per heavy atom. The lowest BCUT2D eigenvalue weighted by molar-refractivity contribution is 0.622. The molecule has 1 unspecified atom stereocenters. The molecule has 1 aromatic rings. The second-order valence-electron chi connectivity index (χ2n) is 3.78. The van der Waals surface area contributed by atoms with Gasteiger partial charge in [-0.3, -0.25) is 0 Å². The summed E-state index contributed by atoms with van der Waals surface area (Å²) in [6.07, 6.45) is 2.43. The van der Waals surface area contributed by atoms with Crippen LogP contribution in [0.3, 0.4) is 0 Å². The third-order valence-corrected chi connectivity index (χ3v) is 3.85. The zero-order valence-corrected chi connectivity index (χ0v) is 9.14. The first kappa shape index (κ1) is 9.20. The van der Waals surface area contributed by atoms with Crippen LogP contribution in [0.4, 0.5) is 4.39 Å². The fraction of sp³-hybridized carbons (Fsp3) is 0.455. The molecule has 1 aromatic carbocycles. The summed E-state index contributed by atoms with van der Waals surface area (Å²) >= 11 is 3.62. The van der Waals surface area contributed by atoms with E-state index in [1.54, 1.807) is 12.1 Å². The van der Waals surface area contributed by atoms with E-state index in [1.807, 2.05) is 12.1 Å². The quantitative estimate of drug-likeness (QED) is 0.695. The monoisotopic (exact) mass is 242 g/mol. The van der Waals surface area contributed by atoms with Crippen LogP contribution in [-0.4, -0.2) is 4.83 Å². The third kappa shape index (κ3) is 1.52. The summed E-state index contributed by atoms with van der Waals surface area (Å²) in [4.78, 5) is 0.477. The molecule has 1 aliphatic rings. The van der Waals surface area contributed by atoms with Gasteiger partial charge in [0.1, 0.15) is 5.82 Å². The number of hydrogen-bond acceptors (Lipinski definition) is 0. The number of benzene rings is 1. The lowest BCUT2D eigenvalue weighted by atomic mass is 9.93. The maximum Gasteiger partial charge on any atom is 0.123 e. The maximum absolute atomic E-state index is 12.7. The van der Waals surface area contributed by atoms with Gasteiger partial charge in [0.15, 0.2) is 0 Å². The zero-order chi connectivity index (χ0) is 9.47. The number of alkyl halides is 1. The predicted octanol–water partition coefficient (Wildman–Crippen LogP) is 3.64. The number of rotatable bonds is 2. The number of halogens is 2. The first-order chi connectivity index (χ1) is 6.15. The molecular formula is C11H12BrF. The normalized spacial score (nSPS) is 21.2. The zero-order valence-electron chi connectivity index (χ0n) is 7.56. The summed E-state index contributed by atoms with van der Waals surface area (Å²) in [6, 6.07) is 6.90. The summed E-state index contributed by atoms with van der Waals surface area (Å²) in [5.41, 5.74) is 1.55. The topological polar surface area (TPSA) is 0 Å². The summed E-state index contributed by atoms with van der Waals surface area (Å²) < 4.78 is 12.7. The van der Waals surface area contributed by atoms with Crippen molar-refractivity contribution in [1.82, 2.24) is 0 Å². The molecule has 2 heteroatoms. The van der Waals surface area contributed by atoms with E-state index in [4.69, 9.17) is 0 Å². The SMILES string of the molecule is CC(Br)C1(c2ccc(F)cc2)CC1. The third-order valence-electron chi connectivity index (χ3n) is 2.97. The maximum atomic E-state index is 12.7. The van der Waals surface area contributed by atoms with E-state index in [1.165, 1.54) is 18.4 Å². The molecule has 0 aliphatic heterocycles. The molecule has 13 heavy (non-hydrogen) atoms. The van der Waals surface area contributed by atoms with E-state index in [9.17, 15) is 4.39 Å². The van der Waals surface area contributed by atoms with Crippen LogP contribution in [0, 0.1) is 5.82 Å². The van der Waals surface area contributed by atoms with Crippen LogP contribution in [0.1, 0.15) is 25.3 Å². The molecule has 1 atom stereocenters. The van der Waals surface area contributed by atoms with E-state index in [-0.39, 0.29) is 11.2 Å². The van der Waals surface area contributed by atoms with Crippen LogP contribution < -0.4 is 0 Å². The second-order valence-corrected chi connectivity index (χ2v) is 5.15. The molecule has 0 nitrogen and oxygen atoms in total. The fourth-order valence-electron chi connectivity index (χ4n) is 1.83. The van der Waals surface area contributed by atoms with Gasteiger partial charge in [0.2, 0.25) is 0 Å². The van der Waals surface area contributed by atoms with Crippen molar-refractivity contribution in [3.8, 4) is 0 Å². The smallest absolute Gasteiger partial charge is 0.123 e. The van der Waals surface area contributed by atoms with Gasteiger partial charge in [-0.25, -0.2) is 4.39 Å².